The Bertz CT molecular complexity index is 397. The average molecular weight is 257 g/mol. The van der Waals surface area contributed by atoms with E-state index in [1.165, 1.54) is 0 Å². The zero-order chi connectivity index (χ0) is 9.97. The van der Waals surface area contributed by atoms with Crippen LogP contribution in [0.5, 0.6) is 0 Å². The first-order chi connectivity index (χ1) is 6.81. The van der Waals surface area contributed by atoms with Crippen LogP contribution in [-0.2, 0) is 0 Å². The van der Waals surface area contributed by atoms with Gasteiger partial charge in [-0.25, -0.2) is 0 Å². The van der Waals surface area contributed by atoms with Crippen LogP contribution in [0.15, 0.2) is 27.5 Å². The largest absolute Gasteiger partial charge is 0.472 e. The van der Waals surface area contributed by atoms with Crippen LogP contribution >= 0.6 is 15.9 Å². The van der Waals surface area contributed by atoms with Gasteiger partial charge in [-0.2, -0.15) is 4.98 Å². The van der Waals surface area contributed by atoms with Gasteiger partial charge in [-0.1, -0.05) is 28.0 Å². The fourth-order valence-electron chi connectivity index (χ4n) is 1.05. The Hall–Kier alpha value is -1.10. The smallest absolute Gasteiger partial charge is 0.240 e. The summed E-state index contributed by atoms with van der Waals surface area (Å²) in [5, 5.41) is 3.85. The SMILES string of the molecule is CCC(Br)c1nc(-c2ccoc2)no1. The average Bonchev–Trinajstić information content (AvgIpc) is 2.86. The van der Waals surface area contributed by atoms with E-state index in [1.807, 2.05) is 6.92 Å². The van der Waals surface area contributed by atoms with Crippen molar-refractivity contribution in [2.45, 2.75) is 18.2 Å². The Morgan fingerprint density at radius 2 is 2.43 bits per heavy atom. The molecule has 74 valence electrons. The van der Waals surface area contributed by atoms with Crippen molar-refractivity contribution in [3.8, 4) is 11.4 Å². The van der Waals surface area contributed by atoms with E-state index in [0.29, 0.717) is 11.7 Å². The molecule has 0 radical (unpaired) electrons. The number of rotatable bonds is 3. The molecule has 2 heterocycles. The zero-order valence-corrected chi connectivity index (χ0v) is 9.19. The molecular weight excluding hydrogens is 248 g/mol. The van der Waals surface area contributed by atoms with Gasteiger partial charge in [0.25, 0.3) is 0 Å². The molecule has 0 aromatic carbocycles. The Morgan fingerprint density at radius 1 is 1.57 bits per heavy atom. The van der Waals surface area contributed by atoms with E-state index in [1.54, 1.807) is 18.6 Å². The molecule has 0 saturated carbocycles. The molecule has 0 amide bonds. The summed E-state index contributed by atoms with van der Waals surface area (Å²) in [6.07, 6.45) is 4.08. The minimum atomic E-state index is 0.121. The van der Waals surface area contributed by atoms with Gasteiger partial charge in [-0.05, 0) is 12.5 Å². The number of furan rings is 1. The molecule has 0 aliphatic heterocycles. The lowest BCUT2D eigenvalue weighted by molar-refractivity contribution is 0.377. The molecule has 4 nitrogen and oxygen atoms in total. The number of hydrogen-bond acceptors (Lipinski definition) is 4. The highest BCUT2D eigenvalue weighted by atomic mass is 79.9. The van der Waals surface area contributed by atoms with Crippen LogP contribution < -0.4 is 0 Å². The molecule has 0 aliphatic carbocycles. The number of aromatic nitrogens is 2. The predicted octanol–water partition coefficient (Wildman–Crippen LogP) is 3.18. The third-order valence-corrected chi connectivity index (χ3v) is 2.89. The molecule has 2 rings (SSSR count). The van der Waals surface area contributed by atoms with E-state index in [2.05, 4.69) is 26.1 Å². The van der Waals surface area contributed by atoms with Crippen molar-refractivity contribution in [2.75, 3.05) is 0 Å². The predicted molar refractivity (Wildman–Crippen MR) is 54.0 cm³/mol. The minimum absolute atomic E-state index is 0.121. The molecule has 0 N–H and O–H groups in total. The van der Waals surface area contributed by atoms with Crippen molar-refractivity contribution in [2.24, 2.45) is 0 Å². The van der Waals surface area contributed by atoms with Gasteiger partial charge < -0.3 is 8.94 Å². The Kier molecular flexibility index (Phi) is 2.67. The van der Waals surface area contributed by atoms with Gasteiger partial charge in [-0.15, -0.1) is 0 Å². The van der Waals surface area contributed by atoms with Gasteiger partial charge >= 0.3 is 0 Å². The van der Waals surface area contributed by atoms with Crippen molar-refractivity contribution < 1.29 is 8.94 Å². The lowest BCUT2D eigenvalue weighted by Crippen LogP contribution is -1.86. The summed E-state index contributed by atoms with van der Waals surface area (Å²) in [6.45, 7) is 2.04. The maximum atomic E-state index is 5.09. The highest BCUT2D eigenvalue weighted by Gasteiger charge is 2.15. The second-order valence-electron chi connectivity index (χ2n) is 2.84. The van der Waals surface area contributed by atoms with E-state index in [-0.39, 0.29) is 4.83 Å². The first-order valence-corrected chi connectivity index (χ1v) is 5.23. The first kappa shape index (κ1) is 9.45. The van der Waals surface area contributed by atoms with E-state index < -0.39 is 0 Å². The standard InChI is InChI=1S/C9H9BrN2O2/c1-2-7(10)9-11-8(12-14-9)6-3-4-13-5-6/h3-5,7H,2H2,1H3. The normalized spacial score (nSPS) is 13.0. The number of hydrogen-bond donors (Lipinski definition) is 0. The quantitative estimate of drug-likeness (QED) is 0.792. The fourth-order valence-corrected chi connectivity index (χ4v) is 1.23. The molecule has 1 atom stereocenters. The molecule has 5 heteroatoms. The molecule has 0 aliphatic rings. The summed E-state index contributed by atoms with van der Waals surface area (Å²) < 4.78 is 10.0. The molecule has 2 aromatic heterocycles. The fraction of sp³-hybridized carbons (Fsp3) is 0.333. The molecule has 2 aromatic rings. The van der Waals surface area contributed by atoms with Gasteiger partial charge in [0.2, 0.25) is 11.7 Å². The van der Waals surface area contributed by atoms with E-state index >= 15 is 0 Å². The summed E-state index contributed by atoms with van der Waals surface area (Å²) >= 11 is 3.44. The molecule has 0 saturated heterocycles. The molecule has 14 heavy (non-hydrogen) atoms. The molecule has 0 spiro atoms. The van der Waals surface area contributed by atoms with Crippen LogP contribution in [0.3, 0.4) is 0 Å². The number of alkyl halides is 1. The minimum Gasteiger partial charge on any atom is -0.472 e. The van der Waals surface area contributed by atoms with Crippen molar-refractivity contribution in [3.63, 3.8) is 0 Å². The van der Waals surface area contributed by atoms with Crippen molar-refractivity contribution >= 4 is 15.9 Å². The van der Waals surface area contributed by atoms with Crippen molar-refractivity contribution in [3.05, 3.63) is 24.5 Å². The van der Waals surface area contributed by atoms with E-state index in [9.17, 15) is 0 Å². The molecule has 0 bridgehead atoms. The van der Waals surface area contributed by atoms with Crippen LogP contribution in [0.4, 0.5) is 0 Å². The zero-order valence-electron chi connectivity index (χ0n) is 7.61. The third-order valence-electron chi connectivity index (χ3n) is 1.85. The van der Waals surface area contributed by atoms with Crippen LogP contribution in [0.25, 0.3) is 11.4 Å². The molecule has 0 fully saturated rings. The summed E-state index contributed by atoms with van der Waals surface area (Å²) in [5.41, 5.74) is 0.829. The summed E-state index contributed by atoms with van der Waals surface area (Å²) in [5.74, 6) is 1.16. The maximum Gasteiger partial charge on any atom is 0.240 e. The van der Waals surface area contributed by atoms with Crippen molar-refractivity contribution in [1.82, 2.24) is 10.1 Å². The molecule has 1 unspecified atom stereocenters. The van der Waals surface area contributed by atoms with Crippen LogP contribution in [0.2, 0.25) is 0 Å². The van der Waals surface area contributed by atoms with Gasteiger partial charge in [0.1, 0.15) is 6.26 Å². The highest BCUT2D eigenvalue weighted by molar-refractivity contribution is 9.09. The lowest BCUT2D eigenvalue weighted by atomic mass is 10.3. The van der Waals surface area contributed by atoms with Crippen LogP contribution in [-0.4, -0.2) is 10.1 Å². The Labute approximate surface area is 89.4 Å². The maximum absolute atomic E-state index is 5.09. The Morgan fingerprint density at radius 3 is 3.07 bits per heavy atom. The van der Waals surface area contributed by atoms with Crippen LogP contribution in [0, 0.1) is 0 Å². The van der Waals surface area contributed by atoms with Crippen molar-refractivity contribution in [1.29, 1.82) is 0 Å². The monoisotopic (exact) mass is 256 g/mol. The lowest BCUT2D eigenvalue weighted by Gasteiger charge is -1.96. The number of nitrogens with zero attached hydrogens (tertiary/aromatic N) is 2. The highest BCUT2D eigenvalue weighted by Crippen LogP contribution is 2.26. The number of halogens is 1. The first-order valence-electron chi connectivity index (χ1n) is 4.31. The third kappa shape index (κ3) is 1.72. The summed E-state index contributed by atoms with van der Waals surface area (Å²) in [6, 6.07) is 1.80. The van der Waals surface area contributed by atoms with Gasteiger partial charge in [0.05, 0.1) is 16.7 Å². The van der Waals surface area contributed by atoms with Gasteiger partial charge in [0.15, 0.2) is 0 Å². The second kappa shape index (κ2) is 3.96. The Balaban J connectivity index is 2.26. The van der Waals surface area contributed by atoms with Crippen LogP contribution in [0.1, 0.15) is 24.1 Å². The topological polar surface area (TPSA) is 52.1 Å². The summed E-state index contributed by atoms with van der Waals surface area (Å²) in [4.78, 5) is 4.36. The molecular formula is C9H9BrN2O2. The van der Waals surface area contributed by atoms with E-state index in [0.717, 1.165) is 12.0 Å². The second-order valence-corrected chi connectivity index (χ2v) is 3.95. The van der Waals surface area contributed by atoms with Gasteiger partial charge in [-0.3, -0.25) is 0 Å². The summed E-state index contributed by atoms with van der Waals surface area (Å²) in [7, 11) is 0. The van der Waals surface area contributed by atoms with E-state index in [4.69, 9.17) is 8.94 Å². The van der Waals surface area contributed by atoms with Gasteiger partial charge in [0, 0.05) is 0 Å².